The summed E-state index contributed by atoms with van der Waals surface area (Å²) in [6, 6.07) is 1.62. The minimum Gasteiger partial charge on any atom is -0.262 e. The van der Waals surface area contributed by atoms with Crippen molar-refractivity contribution in [3.63, 3.8) is 0 Å². The SMILES string of the molecule is O=S(=O)(NC12CC3CC(CC(C3)C1)C2)c1cncc(Br)c1. The summed E-state index contributed by atoms with van der Waals surface area (Å²) in [5.74, 6) is 2.17. The van der Waals surface area contributed by atoms with Crippen molar-refractivity contribution < 1.29 is 8.42 Å². The molecule has 4 bridgehead atoms. The van der Waals surface area contributed by atoms with Gasteiger partial charge in [-0.05, 0) is 78.3 Å². The van der Waals surface area contributed by atoms with Gasteiger partial charge in [-0.15, -0.1) is 0 Å². The number of halogens is 1. The highest BCUT2D eigenvalue weighted by Crippen LogP contribution is 2.55. The Labute approximate surface area is 133 Å². The Balaban J connectivity index is 1.63. The topological polar surface area (TPSA) is 59.1 Å². The zero-order valence-electron chi connectivity index (χ0n) is 11.8. The van der Waals surface area contributed by atoms with Gasteiger partial charge in [-0.25, -0.2) is 13.1 Å². The van der Waals surface area contributed by atoms with Gasteiger partial charge < -0.3 is 0 Å². The molecule has 0 unspecified atom stereocenters. The smallest absolute Gasteiger partial charge is 0.242 e. The second-order valence-corrected chi connectivity index (χ2v) is 9.74. The van der Waals surface area contributed by atoms with Gasteiger partial charge in [-0.1, -0.05) is 0 Å². The molecule has 4 nitrogen and oxygen atoms in total. The summed E-state index contributed by atoms with van der Waals surface area (Å²) < 4.78 is 29.1. The maximum Gasteiger partial charge on any atom is 0.242 e. The van der Waals surface area contributed by atoms with Crippen LogP contribution in [-0.4, -0.2) is 18.9 Å². The van der Waals surface area contributed by atoms with E-state index in [1.807, 2.05) is 0 Å². The second-order valence-electron chi connectivity index (χ2n) is 7.14. The van der Waals surface area contributed by atoms with Crippen LogP contribution in [0.5, 0.6) is 0 Å². The lowest BCUT2D eigenvalue weighted by Crippen LogP contribution is -2.59. The van der Waals surface area contributed by atoms with Crippen molar-refractivity contribution in [3.05, 3.63) is 22.9 Å². The van der Waals surface area contributed by atoms with Crippen LogP contribution in [0.2, 0.25) is 0 Å². The van der Waals surface area contributed by atoms with Gasteiger partial charge in [0.25, 0.3) is 0 Å². The first-order valence-electron chi connectivity index (χ1n) is 7.59. The largest absolute Gasteiger partial charge is 0.262 e. The second kappa shape index (κ2) is 4.77. The molecule has 1 aromatic rings. The molecular formula is C15H19BrN2O2S. The van der Waals surface area contributed by atoms with E-state index in [0.717, 1.165) is 37.0 Å². The molecular weight excluding hydrogens is 352 g/mol. The average Bonchev–Trinajstić information content (AvgIpc) is 2.35. The lowest BCUT2D eigenvalue weighted by molar-refractivity contribution is -0.00810. The van der Waals surface area contributed by atoms with E-state index in [4.69, 9.17) is 0 Å². The van der Waals surface area contributed by atoms with Gasteiger partial charge >= 0.3 is 0 Å². The van der Waals surface area contributed by atoms with Crippen molar-refractivity contribution in [1.82, 2.24) is 9.71 Å². The molecule has 21 heavy (non-hydrogen) atoms. The number of pyridine rings is 1. The summed E-state index contributed by atoms with van der Waals surface area (Å²) in [5, 5.41) is 0. The van der Waals surface area contributed by atoms with Gasteiger partial charge in [0.1, 0.15) is 4.90 Å². The van der Waals surface area contributed by atoms with E-state index in [0.29, 0.717) is 4.47 Å². The first kappa shape index (κ1) is 14.2. The first-order chi connectivity index (χ1) is 9.94. The van der Waals surface area contributed by atoms with E-state index in [2.05, 4.69) is 25.6 Å². The van der Waals surface area contributed by atoms with Crippen molar-refractivity contribution >= 4 is 26.0 Å². The van der Waals surface area contributed by atoms with Crippen molar-refractivity contribution in [3.8, 4) is 0 Å². The zero-order chi connectivity index (χ0) is 14.7. The number of hydrogen-bond donors (Lipinski definition) is 1. The van der Waals surface area contributed by atoms with Crippen LogP contribution in [0, 0.1) is 17.8 Å². The van der Waals surface area contributed by atoms with Crippen LogP contribution >= 0.6 is 15.9 Å². The summed E-state index contributed by atoms with van der Waals surface area (Å²) in [4.78, 5) is 4.24. The fourth-order valence-electron chi connectivity index (χ4n) is 5.12. The minimum atomic E-state index is -3.49. The molecule has 5 rings (SSSR count). The van der Waals surface area contributed by atoms with Crippen molar-refractivity contribution in [2.24, 2.45) is 17.8 Å². The Kier molecular flexibility index (Phi) is 3.21. The molecule has 1 aromatic heterocycles. The van der Waals surface area contributed by atoms with E-state index >= 15 is 0 Å². The summed E-state index contributed by atoms with van der Waals surface area (Å²) in [6.07, 6.45) is 9.98. The van der Waals surface area contributed by atoms with Crippen molar-refractivity contribution in [2.45, 2.75) is 49.0 Å². The number of rotatable bonds is 3. The van der Waals surface area contributed by atoms with E-state index < -0.39 is 10.0 Å². The molecule has 0 aliphatic heterocycles. The van der Waals surface area contributed by atoms with Gasteiger partial charge in [0, 0.05) is 22.4 Å². The van der Waals surface area contributed by atoms with Gasteiger partial charge in [0.05, 0.1) is 0 Å². The standard InChI is InChI=1S/C15H19BrN2O2S/c16-13-4-14(9-17-8-13)21(19,20)18-15-5-10-1-11(6-15)3-12(2-10)7-15/h4,8-12,18H,1-3,5-7H2. The molecule has 4 saturated carbocycles. The number of nitrogens with zero attached hydrogens (tertiary/aromatic N) is 1. The third kappa shape index (κ3) is 2.55. The Morgan fingerprint density at radius 1 is 1.10 bits per heavy atom. The maximum absolute atomic E-state index is 12.7. The van der Waals surface area contributed by atoms with E-state index in [9.17, 15) is 8.42 Å². The highest BCUT2D eigenvalue weighted by molar-refractivity contribution is 9.10. The molecule has 114 valence electrons. The summed E-state index contributed by atoms with van der Waals surface area (Å²) >= 11 is 3.29. The van der Waals surface area contributed by atoms with E-state index in [1.165, 1.54) is 25.5 Å². The van der Waals surface area contributed by atoms with Gasteiger partial charge in [0.2, 0.25) is 10.0 Å². The van der Waals surface area contributed by atoms with Crippen LogP contribution in [0.4, 0.5) is 0 Å². The van der Waals surface area contributed by atoms with Gasteiger partial charge in [-0.3, -0.25) is 4.98 Å². The Bertz CT molecular complexity index is 639. The molecule has 0 saturated heterocycles. The van der Waals surface area contributed by atoms with Crippen molar-refractivity contribution in [2.75, 3.05) is 0 Å². The normalized spacial score (nSPS) is 37.9. The monoisotopic (exact) mass is 370 g/mol. The number of sulfonamides is 1. The first-order valence-corrected chi connectivity index (χ1v) is 9.86. The molecule has 0 radical (unpaired) electrons. The van der Waals surface area contributed by atoms with Crippen LogP contribution in [0.1, 0.15) is 38.5 Å². The Hall–Kier alpha value is -0.460. The zero-order valence-corrected chi connectivity index (χ0v) is 14.2. The minimum absolute atomic E-state index is 0.199. The highest BCUT2D eigenvalue weighted by atomic mass is 79.9. The molecule has 0 amide bonds. The fourth-order valence-corrected chi connectivity index (χ4v) is 7.05. The van der Waals surface area contributed by atoms with Crippen molar-refractivity contribution in [1.29, 1.82) is 0 Å². The van der Waals surface area contributed by atoms with Gasteiger partial charge in [0.15, 0.2) is 0 Å². The maximum atomic E-state index is 12.7. The Morgan fingerprint density at radius 2 is 1.67 bits per heavy atom. The molecule has 0 aromatic carbocycles. The molecule has 6 heteroatoms. The molecule has 4 aliphatic rings. The van der Waals surface area contributed by atoms with Crippen LogP contribution in [0.3, 0.4) is 0 Å². The number of aromatic nitrogens is 1. The highest BCUT2D eigenvalue weighted by Gasteiger charge is 2.52. The third-order valence-corrected chi connectivity index (χ3v) is 7.36. The Morgan fingerprint density at radius 3 is 2.19 bits per heavy atom. The number of hydrogen-bond acceptors (Lipinski definition) is 3. The molecule has 0 spiro atoms. The molecule has 4 aliphatic carbocycles. The van der Waals surface area contributed by atoms with E-state index in [1.54, 1.807) is 12.3 Å². The molecule has 0 atom stereocenters. The fraction of sp³-hybridized carbons (Fsp3) is 0.667. The number of nitrogens with one attached hydrogen (secondary N) is 1. The summed E-state index contributed by atoms with van der Waals surface area (Å²) in [7, 11) is -3.49. The lowest BCUT2D eigenvalue weighted by Gasteiger charge is -2.56. The molecule has 4 fully saturated rings. The predicted molar refractivity (Wildman–Crippen MR) is 83.2 cm³/mol. The average molecular weight is 371 g/mol. The lowest BCUT2D eigenvalue weighted by atomic mass is 9.53. The third-order valence-electron chi connectivity index (χ3n) is 5.38. The van der Waals surface area contributed by atoms with Crippen LogP contribution in [-0.2, 0) is 10.0 Å². The van der Waals surface area contributed by atoms with Crippen LogP contribution in [0.15, 0.2) is 27.8 Å². The quantitative estimate of drug-likeness (QED) is 0.888. The molecule has 1 N–H and O–H groups in total. The van der Waals surface area contributed by atoms with Crippen LogP contribution in [0.25, 0.3) is 0 Å². The predicted octanol–water partition coefficient (Wildman–Crippen LogP) is 3.09. The summed E-state index contributed by atoms with van der Waals surface area (Å²) in [6.45, 7) is 0. The van der Waals surface area contributed by atoms with E-state index in [-0.39, 0.29) is 10.4 Å². The molecule has 1 heterocycles. The van der Waals surface area contributed by atoms with Gasteiger partial charge in [-0.2, -0.15) is 0 Å². The summed E-state index contributed by atoms with van der Waals surface area (Å²) in [5.41, 5.74) is -0.199. The van der Waals surface area contributed by atoms with Crippen LogP contribution < -0.4 is 4.72 Å².